The summed E-state index contributed by atoms with van der Waals surface area (Å²) in [6, 6.07) is 6.51. The van der Waals surface area contributed by atoms with E-state index in [9.17, 15) is 16.8 Å². The van der Waals surface area contributed by atoms with Crippen LogP contribution in [0.2, 0.25) is 0 Å². The van der Waals surface area contributed by atoms with Gasteiger partial charge in [-0.2, -0.15) is 8.42 Å². The van der Waals surface area contributed by atoms with Gasteiger partial charge in [-0.25, -0.2) is 13.1 Å². The maximum Gasteiger partial charge on any atom is 0.264 e. The molecule has 1 aliphatic carbocycles. The van der Waals surface area contributed by atoms with Crippen molar-refractivity contribution in [2.75, 3.05) is 12.5 Å². The maximum atomic E-state index is 11.4. The van der Waals surface area contributed by atoms with Crippen LogP contribution in [0.25, 0.3) is 0 Å². The molecule has 0 heterocycles. The molecule has 0 aromatic heterocycles. The molecule has 1 aromatic carbocycles. The summed E-state index contributed by atoms with van der Waals surface area (Å²) in [7, 11) is -7.11. The molecule has 1 aromatic rings. The average molecular weight is 305 g/mol. The Morgan fingerprint density at radius 1 is 1.16 bits per heavy atom. The number of benzene rings is 1. The van der Waals surface area contributed by atoms with Crippen LogP contribution in [0, 0.1) is 0 Å². The van der Waals surface area contributed by atoms with E-state index in [1.165, 1.54) is 0 Å². The molecule has 0 radical (unpaired) electrons. The van der Waals surface area contributed by atoms with Crippen molar-refractivity contribution < 1.29 is 21.0 Å². The van der Waals surface area contributed by atoms with Crippen molar-refractivity contribution in [2.24, 2.45) is 0 Å². The lowest BCUT2D eigenvalue weighted by Gasteiger charge is -2.20. The van der Waals surface area contributed by atoms with Gasteiger partial charge in [-0.3, -0.25) is 4.18 Å². The molecule has 0 saturated carbocycles. The number of nitrogens with one attached hydrogen (secondary N) is 1. The predicted octanol–water partition coefficient (Wildman–Crippen LogP) is 0.178. The Morgan fingerprint density at radius 3 is 2.37 bits per heavy atom. The summed E-state index contributed by atoms with van der Waals surface area (Å²) in [5.41, 5.74) is 1.64. The first-order valence-corrected chi connectivity index (χ1v) is 9.30. The second kappa shape index (κ2) is 4.86. The Kier molecular flexibility index (Phi) is 3.69. The number of hydrogen-bond donors (Lipinski definition) is 1. The molecule has 19 heavy (non-hydrogen) atoms. The minimum absolute atomic E-state index is 0.358. The molecule has 106 valence electrons. The lowest BCUT2D eigenvalue weighted by atomic mass is 10.1. The standard InChI is InChI=1S/C11H15NO5S2/c1-18(13,14)12-11-9-6-4-3-5-8(9)7-10(11)17-19(2,15)16/h3-6,10-12H,7H2,1-2H3/t10-,11+/m1/s1. The molecule has 0 saturated heterocycles. The summed E-state index contributed by atoms with van der Waals surface area (Å²) in [6.45, 7) is 0. The summed E-state index contributed by atoms with van der Waals surface area (Å²) in [4.78, 5) is 0. The van der Waals surface area contributed by atoms with Crippen LogP contribution in [-0.4, -0.2) is 35.5 Å². The smallest absolute Gasteiger partial charge is 0.264 e. The monoisotopic (exact) mass is 305 g/mol. The topological polar surface area (TPSA) is 89.5 Å². The number of hydrogen-bond acceptors (Lipinski definition) is 5. The minimum Gasteiger partial charge on any atom is -0.265 e. The minimum atomic E-state index is -3.65. The number of sulfonamides is 1. The van der Waals surface area contributed by atoms with Gasteiger partial charge in [-0.1, -0.05) is 24.3 Å². The SMILES string of the molecule is CS(=O)(=O)N[C@H]1c2ccccc2C[C@H]1OS(C)(=O)=O. The van der Waals surface area contributed by atoms with Crippen molar-refractivity contribution in [3.8, 4) is 0 Å². The quantitative estimate of drug-likeness (QED) is 0.801. The molecular weight excluding hydrogens is 290 g/mol. The van der Waals surface area contributed by atoms with Crippen LogP contribution < -0.4 is 4.72 Å². The summed E-state index contributed by atoms with van der Waals surface area (Å²) >= 11 is 0. The van der Waals surface area contributed by atoms with E-state index in [1.54, 1.807) is 12.1 Å². The summed E-state index contributed by atoms with van der Waals surface area (Å²) in [5.74, 6) is 0. The normalized spacial score (nSPS) is 23.3. The largest absolute Gasteiger partial charge is 0.265 e. The van der Waals surface area contributed by atoms with Crippen molar-refractivity contribution >= 4 is 20.1 Å². The highest BCUT2D eigenvalue weighted by Gasteiger charge is 2.36. The third-order valence-corrected chi connectivity index (χ3v) is 4.10. The predicted molar refractivity (Wildman–Crippen MR) is 70.6 cm³/mol. The molecule has 1 aliphatic rings. The van der Waals surface area contributed by atoms with E-state index in [4.69, 9.17) is 4.18 Å². The first-order chi connectivity index (χ1) is 8.66. The highest BCUT2D eigenvalue weighted by atomic mass is 32.2. The molecule has 0 bridgehead atoms. The van der Waals surface area contributed by atoms with E-state index >= 15 is 0 Å². The molecule has 6 nitrogen and oxygen atoms in total. The van der Waals surface area contributed by atoms with Crippen molar-refractivity contribution in [3.05, 3.63) is 35.4 Å². The van der Waals surface area contributed by atoms with Gasteiger partial charge in [0.2, 0.25) is 10.0 Å². The third-order valence-electron chi connectivity index (χ3n) is 2.82. The second-order valence-electron chi connectivity index (χ2n) is 4.61. The van der Waals surface area contributed by atoms with Crippen molar-refractivity contribution in [1.82, 2.24) is 4.72 Å². The van der Waals surface area contributed by atoms with E-state index in [2.05, 4.69) is 4.72 Å². The second-order valence-corrected chi connectivity index (χ2v) is 7.99. The van der Waals surface area contributed by atoms with Crippen LogP contribution in [0.15, 0.2) is 24.3 Å². The van der Waals surface area contributed by atoms with Gasteiger partial charge in [0.05, 0.1) is 18.6 Å². The molecule has 2 rings (SSSR count). The highest BCUT2D eigenvalue weighted by Crippen LogP contribution is 2.34. The maximum absolute atomic E-state index is 11.4. The van der Waals surface area contributed by atoms with Gasteiger partial charge in [0, 0.05) is 6.42 Å². The van der Waals surface area contributed by atoms with Gasteiger partial charge in [0.1, 0.15) is 6.10 Å². The van der Waals surface area contributed by atoms with Gasteiger partial charge < -0.3 is 0 Å². The van der Waals surface area contributed by atoms with E-state index in [0.29, 0.717) is 6.42 Å². The third kappa shape index (κ3) is 3.75. The summed E-state index contributed by atoms with van der Waals surface area (Å²) in [5, 5.41) is 0. The Hall–Kier alpha value is -0.960. The van der Waals surface area contributed by atoms with Crippen molar-refractivity contribution in [2.45, 2.75) is 18.6 Å². The summed E-state index contributed by atoms with van der Waals surface area (Å²) < 4.78 is 52.7. The average Bonchev–Trinajstić information content (AvgIpc) is 2.52. The van der Waals surface area contributed by atoms with Gasteiger partial charge in [0.25, 0.3) is 10.1 Å². The lowest BCUT2D eigenvalue weighted by Crippen LogP contribution is -2.35. The Bertz CT molecular complexity index is 681. The molecule has 2 atom stereocenters. The molecule has 0 aliphatic heterocycles. The van der Waals surface area contributed by atoms with Gasteiger partial charge in [-0.15, -0.1) is 0 Å². The Labute approximate surface area is 113 Å². The molecular formula is C11H15NO5S2. The number of rotatable bonds is 4. The van der Waals surface area contributed by atoms with Crippen LogP contribution in [0.5, 0.6) is 0 Å². The van der Waals surface area contributed by atoms with Crippen molar-refractivity contribution in [1.29, 1.82) is 0 Å². The van der Waals surface area contributed by atoms with Crippen LogP contribution in [0.3, 0.4) is 0 Å². The van der Waals surface area contributed by atoms with E-state index < -0.39 is 32.3 Å². The zero-order chi connectivity index (χ0) is 14.3. The highest BCUT2D eigenvalue weighted by molar-refractivity contribution is 7.88. The molecule has 0 amide bonds. The Balaban J connectivity index is 2.36. The zero-order valence-electron chi connectivity index (χ0n) is 10.5. The molecule has 0 spiro atoms. The fourth-order valence-corrected chi connectivity index (χ4v) is 3.61. The van der Waals surface area contributed by atoms with E-state index in [1.807, 2.05) is 12.1 Å². The van der Waals surface area contributed by atoms with Gasteiger partial charge in [0.15, 0.2) is 0 Å². The van der Waals surface area contributed by atoms with Crippen LogP contribution in [0.1, 0.15) is 17.2 Å². The van der Waals surface area contributed by atoms with Crippen LogP contribution in [0.4, 0.5) is 0 Å². The van der Waals surface area contributed by atoms with Crippen LogP contribution in [-0.2, 0) is 30.7 Å². The molecule has 1 N–H and O–H groups in total. The van der Waals surface area contributed by atoms with Crippen molar-refractivity contribution in [3.63, 3.8) is 0 Å². The zero-order valence-corrected chi connectivity index (χ0v) is 12.2. The van der Waals surface area contributed by atoms with Gasteiger partial charge in [-0.05, 0) is 11.1 Å². The first kappa shape index (κ1) is 14.4. The van der Waals surface area contributed by atoms with Crippen LogP contribution >= 0.6 is 0 Å². The fraction of sp³-hybridized carbons (Fsp3) is 0.455. The lowest BCUT2D eigenvalue weighted by molar-refractivity contribution is 0.187. The molecule has 8 heteroatoms. The molecule has 0 unspecified atom stereocenters. The summed E-state index contributed by atoms with van der Waals surface area (Å²) in [6.07, 6.45) is 1.59. The number of fused-ring (bicyclic) bond motifs is 1. The van der Waals surface area contributed by atoms with E-state index in [0.717, 1.165) is 23.6 Å². The van der Waals surface area contributed by atoms with E-state index in [-0.39, 0.29) is 0 Å². The molecule has 0 fully saturated rings. The Morgan fingerprint density at radius 2 is 1.79 bits per heavy atom. The van der Waals surface area contributed by atoms with Gasteiger partial charge >= 0.3 is 0 Å². The first-order valence-electron chi connectivity index (χ1n) is 5.59. The fourth-order valence-electron chi connectivity index (χ4n) is 2.24.